The summed E-state index contributed by atoms with van der Waals surface area (Å²) >= 11 is 0. The Hall–Kier alpha value is -2.63. The predicted molar refractivity (Wildman–Crippen MR) is 86.8 cm³/mol. The maximum atomic E-state index is 12.4. The monoisotopic (exact) mass is 315 g/mol. The summed E-state index contributed by atoms with van der Waals surface area (Å²) in [4.78, 5) is 23.4. The van der Waals surface area contributed by atoms with Gasteiger partial charge >= 0.3 is 5.97 Å². The highest BCUT2D eigenvalue weighted by molar-refractivity contribution is 5.97. The molecule has 0 radical (unpaired) electrons. The molecule has 1 aromatic carbocycles. The Labute approximate surface area is 135 Å². The molecule has 1 atom stereocenters. The van der Waals surface area contributed by atoms with E-state index >= 15 is 0 Å². The average molecular weight is 315 g/mol. The minimum Gasteiger partial charge on any atom is -0.480 e. The molecule has 6 nitrogen and oxygen atoms in total. The second-order valence-electron chi connectivity index (χ2n) is 6.45. The summed E-state index contributed by atoms with van der Waals surface area (Å²) in [6, 6.07) is 8.50. The summed E-state index contributed by atoms with van der Waals surface area (Å²) in [7, 11) is 0. The molecule has 23 heavy (non-hydrogen) atoms. The van der Waals surface area contributed by atoms with Gasteiger partial charge in [-0.25, -0.2) is 4.68 Å². The number of carbonyl (C=O) groups excluding carboxylic acids is 1. The lowest BCUT2D eigenvalue weighted by atomic mass is 9.89. The number of nitrogens with zero attached hydrogens (tertiary/aromatic N) is 2. The fourth-order valence-electron chi connectivity index (χ4n) is 2.14. The van der Waals surface area contributed by atoms with Crippen LogP contribution in [0.2, 0.25) is 0 Å². The Bertz CT molecular complexity index is 714. The largest absolute Gasteiger partial charge is 0.480 e. The third-order valence-electron chi connectivity index (χ3n) is 3.41. The first-order valence-electron chi connectivity index (χ1n) is 7.39. The van der Waals surface area contributed by atoms with Crippen molar-refractivity contribution in [3.8, 4) is 5.69 Å². The zero-order valence-corrected chi connectivity index (χ0v) is 13.7. The van der Waals surface area contributed by atoms with Crippen molar-refractivity contribution in [2.24, 2.45) is 0 Å². The number of hydrogen-bond acceptors (Lipinski definition) is 3. The first-order valence-corrected chi connectivity index (χ1v) is 7.39. The van der Waals surface area contributed by atoms with E-state index in [1.807, 2.05) is 51.1 Å². The fraction of sp³-hybridized carbons (Fsp3) is 0.353. The number of benzene rings is 1. The molecule has 0 aliphatic heterocycles. The van der Waals surface area contributed by atoms with Crippen molar-refractivity contribution in [1.82, 2.24) is 15.1 Å². The van der Waals surface area contributed by atoms with Crippen LogP contribution in [0.15, 0.2) is 36.5 Å². The van der Waals surface area contributed by atoms with E-state index in [1.165, 1.54) is 6.92 Å². The minimum atomic E-state index is -1.08. The van der Waals surface area contributed by atoms with E-state index in [0.717, 1.165) is 5.69 Å². The van der Waals surface area contributed by atoms with E-state index in [0.29, 0.717) is 11.3 Å². The van der Waals surface area contributed by atoms with Crippen molar-refractivity contribution >= 4 is 11.9 Å². The van der Waals surface area contributed by atoms with Gasteiger partial charge in [0.05, 0.1) is 16.9 Å². The summed E-state index contributed by atoms with van der Waals surface area (Å²) < 4.78 is 1.64. The Morgan fingerprint density at radius 1 is 1.22 bits per heavy atom. The summed E-state index contributed by atoms with van der Waals surface area (Å²) in [5, 5.41) is 16.0. The molecule has 122 valence electrons. The number of hydrogen-bond donors (Lipinski definition) is 2. The highest BCUT2D eigenvalue weighted by Crippen LogP contribution is 2.25. The van der Waals surface area contributed by atoms with Gasteiger partial charge in [0, 0.05) is 11.6 Å². The van der Waals surface area contributed by atoms with Crippen LogP contribution in [0.3, 0.4) is 0 Å². The first-order chi connectivity index (χ1) is 10.7. The quantitative estimate of drug-likeness (QED) is 0.907. The Morgan fingerprint density at radius 3 is 2.35 bits per heavy atom. The molecule has 1 amide bonds. The number of amides is 1. The smallest absolute Gasteiger partial charge is 0.325 e. The van der Waals surface area contributed by atoms with Crippen LogP contribution >= 0.6 is 0 Å². The summed E-state index contributed by atoms with van der Waals surface area (Å²) in [6.07, 6.45) is 1.64. The maximum absolute atomic E-state index is 12.4. The van der Waals surface area contributed by atoms with Crippen LogP contribution in [0, 0.1) is 0 Å². The molecule has 2 aromatic rings. The van der Waals surface area contributed by atoms with E-state index in [-0.39, 0.29) is 5.41 Å². The van der Waals surface area contributed by atoms with Gasteiger partial charge in [0.15, 0.2) is 0 Å². The number of carboxylic acids is 1. The van der Waals surface area contributed by atoms with Gasteiger partial charge in [0.25, 0.3) is 5.91 Å². The molecule has 0 saturated carbocycles. The van der Waals surface area contributed by atoms with Gasteiger partial charge in [-0.05, 0) is 19.1 Å². The van der Waals surface area contributed by atoms with Gasteiger partial charge in [-0.3, -0.25) is 9.59 Å². The van der Waals surface area contributed by atoms with Crippen LogP contribution in [-0.2, 0) is 10.2 Å². The molecule has 0 saturated heterocycles. The topological polar surface area (TPSA) is 84.2 Å². The second-order valence-corrected chi connectivity index (χ2v) is 6.45. The van der Waals surface area contributed by atoms with Crippen molar-refractivity contribution in [2.45, 2.75) is 39.2 Å². The number of aliphatic carboxylic acids is 1. The lowest BCUT2D eigenvalue weighted by Crippen LogP contribution is -2.39. The van der Waals surface area contributed by atoms with Crippen molar-refractivity contribution in [2.75, 3.05) is 0 Å². The zero-order chi connectivity index (χ0) is 17.2. The molecular weight excluding hydrogens is 294 g/mol. The minimum absolute atomic E-state index is 0.348. The molecule has 0 spiro atoms. The molecule has 2 rings (SSSR count). The number of carboxylic acid groups (broad SMARTS) is 1. The van der Waals surface area contributed by atoms with E-state index in [1.54, 1.807) is 10.9 Å². The van der Waals surface area contributed by atoms with Crippen LogP contribution in [0.5, 0.6) is 0 Å². The van der Waals surface area contributed by atoms with E-state index in [2.05, 4.69) is 10.4 Å². The van der Waals surface area contributed by atoms with Crippen LogP contribution in [0.25, 0.3) is 5.69 Å². The third kappa shape index (κ3) is 3.77. The van der Waals surface area contributed by atoms with Crippen LogP contribution < -0.4 is 5.32 Å². The molecule has 0 aliphatic rings. The third-order valence-corrected chi connectivity index (χ3v) is 3.41. The molecule has 2 N–H and O–H groups in total. The molecule has 0 bridgehead atoms. The van der Waals surface area contributed by atoms with Crippen molar-refractivity contribution in [3.63, 3.8) is 0 Å². The lowest BCUT2D eigenvalue weighted by Gasteiger charge is -2.17. The first kappa shape index (κ1) is 16.7. The Kier molecular flexibility index (Phi) is 4.54. The van der Waals surface area contributed by atoms with Gasteiger partial charge in [0.1, 0.15) is 6.04 Å². The molecule has 6 heteroatoms. The molecule has 0 aliphatic carbocycles. The van der Waals surface area contributed by atoms with Crippen LogP contribution in [0.1, 0.15) is 43.7 Å². The maximum Gasteiger partial charge on any atom is 0.325 e. The number of carbonyl (C=O) groups is 2. The zero-order valence-electron chi connectivity index (χ0n) is 13.7. The van der Waals surface area contributed by atoms with Gasteiger partial charge in [0.2, 0.25) is 0 Å². The average Bonchev–Trinajstić information content (AvgIpc) is 2.93. The van der Waals surface area contributed by atoms with E-state index < -0.39 is 17.9 Å². The molecule has 0 fully saturated rings. The standard InChI is InChI=1S/C17H21N3O3/c1-11(16(22)23)18-15(21)13-10-20(12-8-6-5-7-9-12)19-14(13)17(2,3)4/h5-11H,1-4H3,(H,18,21)(H,22,23). The van der Waals surface area contributed by atoms with Crippen LogP contribution in [-0.4, -0.2) is 32.8 Å². The van der Waals surface area contributed by atoms with Gasteiger partial charge in [-0.1, -0.05) is 39.0 Å². The summed E-state index contributed by atoms with van der Waals surface area (Å²) in [5.74, 6) is -1.52. The SMILES string of the molecule is CC(NC(=O)c1cn(-c2ccccc2)nc1C(C)(C)C)C(=O)O. The van der Waals surface area contributed by atoms with E-state index in [9.17, 15) is 9.59 Å². The summed E-state index contributed by atoms with van der Waals surface area (Å²) in [5.41, 5.74) is 1.49. The number of aromatic nitrogens is 2. The summed E-state index contributed by atoms with van der Waals surface area (Å²) in [6.45, 7) is 7.31. The van der Waals surface area contributed by atoms with Crippen LogP contribution in [0.4, 0.5) is 0 Å². The van der Waals surface area contributed by atoms with Crippen molar-refractivity contribution < 1.29 is 14.7 Å². The Balaban J connectivity index is 2.43. The predicted octanol–water partition coefficient (Wildman–Crippen LogP) is 2.37. The highest BCUT2D eigenvalue weighted by atomic mass is 16.4. The molecule has 1 unspecified atom stereocenters. The van der Waals surface area contributed by atoms with E-state index in [4.69, 9.17) is 5.11 Å². The number of para-hydroxylation sites is 1. The fourth-order valence-corrected chi connectivity index (χ4v) is 2.14. The Morgan fingerprint density at radius 2 is 1.83 bits per heavy atom. The highest BCUT2D eigenvalue weighted by Gasteiger charge is 2.27. The molecular formula is C17H21N3O3. The second kappa shape index (κ2) is 6.24. The van der Waals surface area contributed by atoms with Gasteiger partial charge < -0.3 is 10.4 Å². The normalized spacial score (nSPS) is 12.7. The number of nitrogens with one attached hydrogen (secondary N) is 1. The van der Waals surface area contributed by atoms with Gasteiger partial charge in [-0.2, -0.15) is 5.10 Å². The molecule has 1 heterocycles. The lowest BCUT2D eigenvalue weighted by molar-refractivity contribution is -0.138. The molecule has 1 aromatic heterocycles. The number of rotatable bonds is 4. The van der Waals surface area contributed by atoms with Crippen molar-refractivity contribution in [1.29, 1.82) is 0 Å². The van der Waals surface area contributed by atoms with Crippen molar-refractivity contribution in [3.05, 3.63) is 47.8 Å². The van der Waals surface area contributed by atoms with Gasteiger partial charge in [-0.15, -0.1) is 0 Å².